The van der Waals surface area contributed by atoms with Crippen LogP contribution in [0.1, 0.15) is 43.5 Å². The Morgan fingerprint density at radius 2 is 1.96 bits per heavy atom. The summed E-state index contributed by atoms with van der Waals surface area (Å²) in [4.78, 5) is 11.9. The lowest BCUT2D eigenvalue weighted by atomic mass is 9.95. The van der Waals surface area contributed by atoms with Crippen molar-refractivity contribution in [1.29, 1.82) is 0 Å². The molecule has 1 aliphatic carbocycles. The maximum absolute atomic E-state index is 4.81. The highest BCUT2D eigenvalue weighted by Gasteiger charge is 2.26. The van der Waals surface area contributed by atoms with Gasteiger partial charge in [-0.1, -0.05) is 31.2 Å². The molecule has 2 aliphatic rings. The minimum atomic E-state index is 0.457. The fourth-order valence-electron chi connectivity index (χ4n) is 3.27. The SMILES string of the molecule is CCc1cc(N2Cc3ccccc3C[C@H]2C)nc(NC2CC2)n1. The highest BCUT2D eigenvalue weighted by atomic mass is 15.3. The van der Waals surface area contributed by atoms with E-state index in [2.05, 4.69) is 59.4 Å². The number of rotatable bonds is 4. The lowest BCUT2D eigenvalue weighted by molar-refractivity contribution is 0.586. The van der Waals surface area contributed by atoms with E-state index in [0.717, 1.165) is 36.8 Å². The molecule has 2 aromatic rings. The molecule has 0 unspecified atom stereocenters. The van der Waals surface area contributed by atoms with Gasteiger partial charge < -0.3 is 10.2 Å². The van der Waals surface area contributed by atoms with Crippen LogP contribution in [0.3, 0.4) is 0 Å². The van der Waals surface area contributed by atoms with E-state index in [4.69, 9.17) is 4.98 Å². The molecule has 0 spiro atoms. The summed E-state index contributed by atoms with van der Waals surface area (Å²) >= 11 is 0. The molecule has 4 heteroatoms. The molecule has 2 heterocycles. The number of anilines is 2. The van der Waals surface area contributed by atoms with Crippen LogP contribution in [0, 0.1) is 0 Å². The summed E-state index contributed by atoms with van der Waals surface area (Å²) in [5.41, 5.74) is 4.00. The molecule has 23 heavy (non-hydrogen) atoms. The first-order valence-corrected chi connectivity index (χ1v) is 8.71. The van der Waals surface area contributed by atoms with Gasteiger partial charge in [0.05, 0.1) is 0 Å². The van der Waals surface area contributed by atoms with E-state index in [1.54, 1.807) is 0 Å². The third-order valence-corrected chi connectivity index (χ3v) is 4.84. The zero-order valence-corrected chi connectivity index (χ0v) is 13.9. The van der Waals surface area contributed by atoms with E-state index in [1.165, 1.54) is 24.0 Å². The fraction of sp³-hybridized carbons (Fsp3) is 0.474. The van der Waals surface area contributed by atoms with Crippen molar-refractivity contribution in [3.63, 3.8) is 0 Å². The molecule has 1 N–H and O–H groups in total. The van der Waals surface area contributed by atoms with E-state index in [0.29, 0.717) is 12.1 Å². The number of hydrogen-bond acceptors (Lipinski definition) is 4. The second-order valence-corrected chi connectivity index (χ2v) is 6.76. The third-order valence-electron chi connectivity index (χ3n) is 4.84. The van der Waals surface area contributed by atoms with Gasteiger partial charge in [0.15, 0.2) is 0 Å². The third kappa shape index (κ3) is 3.03. The van der Waals surface area contributed by atoms with Crippen LogP contribution < -0.4 is 10.2 Å². The number of nitrogens with zero attached hydrogens (tertiary/aromatic N) is 3. The van der Waals surface area contributed by atoms with Gasteiger partial charge in [-0.25, -0.2) is 4.98 Å². The Hall–Kier alpha value is -2.10. The van der Waals surface area contributed by atoms with Crippen molar-refractivity contribution in [2.45, 2.75) is 58.2 Å². The Balaban J connectivity index is 1.66. The molecule has 4 nitrogen and oxygen atoms in total. The molecular weight excluding hydrogens is 284 g/mol. The first-order valence-electron chi connectivity index (χ1n) is 8.71. The van der Waals surface area contributed by atoms with Gasteiger partial charge in [0, 0.05) is 30.4 Å². The first-order chi connectivity index (χ1) is 11.2. The topological polar surface area (TPSA) is 41.1 Å². The standard InChI is InChI=1S/C19H24N4/c1-3-16-11-18(22-19(20-16)21-17-8-9-17)23-12-15-7-5-4-6-14(15)10-13(23)2/h4-7,11,13,17H,3,8-10,12H2,1-2H3,(H,20,21,22)/t13-/m1/s1. The van der Waals surface area contributed by atoms with Crippen molar-refractivity contribution < 1.29 is 0 Å². The molecule has 1 aromatic heterocycles. The maximum Gasteiger partial charge on any atom is 0.225 e. The number of aryl methyl sites for hydroxylation is 1. The van der Waals surface area contributed by atoms with Crippen LogP contribution in [0.4, 0.5) is 11.8 Å². The summed E-state index contributed by atoms with van der Waals surface area (Å²) < 4.78 is 0. The summed E-state index contributed by atoms with van der Waals surface area (Å²) in [6.07, 6.45) is 4.49. The number of aromatic nitrogens is 2. The van der Waals surface area contributed by atoms with Crippen LogP contribution in [0.25, 0.3) is 0 Å². The Morgan fingerprint density at radius 1 is 1.17 bits per heavy atom. The Kier molecular flexibility index (Phi) is 3.68. The fourth-order valence-corrected chi connectivity index (χ4v) is 3.27. The van der Waals surface area contributed by atoms with Gasteiger partial charge in [-0.2, -0.15) is 4.98 Å². The second kappa shape index (κ2) is 5.84. The molecule has 0 radical (unpaired) electrons. The van der Waals surface area contributed by atoms with Gasteiger partial charge >= 0.3 is 0 Å². The molecule has 1 saturated carbocycles. The highest BCUT2D eigenvalue weighted by Crippen LogP contribution is 2.29. The lowest BCUT2D eigenvalue weighted by Crippen LogP contribution is -2.39. The number of benzene rings is 1. The summed E-state index contributed by atoms with van der Waals surface area (Å²) in [5, 5.41) is 3.46. The first kappa shape index (κ1) is 14.5. The zero-order chi connectivity index (χ0) is 15.8. The molecular formula is C19H24N4. The predicted molar refractivity (Wildman–Crippen MR) is 93.8 cm³/mol. The molecule has 120 valence electrons. The van der Waals surface area contributed by atoms with Crippen molar-refractivity contribution in [2.24, 2.45) is 0 Å². The van der Waals surface area contributed by atoms with Gasteiger partial charge in [0.1, 0.15) is 5.82 Å². The van der Waals surface area contributed by atoms with Crippen LogP contribution in [-0.2, 0) is 19.4 Å². The van der Waals surface area contributed by atoms with Gasteiger partial charge in [-0.3, -0.25) is 0 Å². The van der Waals surface area contributed by atoms with Crippen molar-refractivity contribution in [2.75, 3.05) is 10.2 Å². The minimum absolute atomic E-state index is 0.457. The van der Waals surface area contributed by atoms with Crippen LogP contribution in [0.2, 0.25) is 0 Å². The van der Waals surface area contributed by atoms with Crippen molar-refractivity contribution >= 4 is 11.8 Å². The molecule has 0 saturated heterocycles. The van der Waals surface area contributed by atoms with Crippen molar-refractivity contribution in [3.8, 4) is 0 Å². The average molecular weight is 308 g/mol. The summed E-state index contributed by atoms with van der Waals surface area (Å²) in [7, 11) is 0. The van der Waals surface area contributed by atoms with Crippen LogP contribution in [-0.4, -0.2) is 22.1 Å². The van der Waals surface area contributed by atoms with E-state index in [1.807, 2.05) is 0 Å². The van der Waals surface area contributed by atoms with Gasteiger partial charge in [0.2, 0.25) is 5.95 Å². The van der Waals surface area contributed by atoms with E-state index in [9.17, 15) is 0 Å². The Morgan fingerprint density at radius 3 is 2.70 bits per heavy atom. The maximum atomic E-state index is 4.81. The molecule has 1 atom stereocenters. The van der Waals surface area contributed by atoms with Crippen molar-refractivity contribution in [1.82, 2.24) is 9.97 Å². The highest BCUT2D eigenvalue weighted by molar-refractivity contribution is 5.49. The quantitative estimate of drug-likeness (QED) is 0.937. The predicted octanol–water partition coefficient (Wildman–Crippen LogP) is 3.56. The Labute approximate surface area is 138 Å². The Bertz CT molecular complexity index is 708. The number of hydrogen-bond donors (Lipinski definition) is 1. The summed E-state index contributed by atoms with van der Waals surface area (Å²) in [5.74, 6) is 1.86. The largest absolute Gasteiger partial charge is 0.351 e. The second-order valence-electron chi connectivity index (χ2n) is 6.76. The summed E-state index contributed by atoms with van der Waals surface area (Å²) in [6, 6.07) is 11.9. The number of nitrogens with one attached hydrogen (secondary N) is 1. The molecule has 4 rings (SSSR count). The normalized spacial score (nSPS) is 20.3. The lowest BCUT2D eigenvalue weighted by Gasteiger charge is -2.36. The monoisotopic (exact) mass is 308 g/mol. The van der Waals surface area contributed by atoms with Gasteiger partial charge in [-0.15, -0.1) is 0 Å². The molecule has 0 bridgehead atoms. The average Bonchev–Trinajstić information content (AvgIpc) is 3.37. The van der Waals surface area contributed by atoms with E-state index >= 15 is 0 Å². The van der Waals surface area contributed by atoms with Gasteiger partial charge in [0.25, 0.3) is 0 Å². The van der Waals surface area contributed by atoms with Crippen molar-refractivity contribution in [3.05, 3.63) is 47.2 Å². The van der Waals surface area contributed by atoms with Crippen LogP contribution >= 0.6 is 0 Å². The zero-order valence-electron chi connectivity index (χ0n) is 13.9. The van der Waals surface area contributed by atoms with Gasteiger partial charge in [-0.05, 0) is 43.7 Å². The number of fused-ring (bicyclic) bond motifs is 1. The molecule has 1 aromatic carbocycles. The van der Waals surface area contributed by atoms with Crippen LogP contribution in [0.5, 0.6) is 0 Å². The molecule has 1 aliphatic heterocycles. The van der Waals surface area contributed by atoms with Crippen LogP contribution in [0.15, 0.2) is 30.3 Å². The minimum Gasteiger partial charge on any atom is -0.351 e. The van der Waals surface area contributed by atoms with E-state index < -0.39 is 0 Å². The van der Waals surface area contributed by atoms with E-state index in [-0.39, 0.29) is 0 Å². The summed E-state index contributed by atoms with van der Waals surface area (Å²) in [6.45, 7) is 5.37. The molecule has 1 fully saturated rings. The smallest absolute Gasteiger partial charge is 0.225 e. The molecule has 0 amide bonds.